The second-order valence-electron chi connectivity index (χ2n) is 4.05. The third kappa shape index (κ3) is 2.38. The molecule has 2 rings (SSSR count). The molecule has 1 atom stereocenters. The van der Waals surface area contributed by atoms with Crippen LogP contribution in [0, 0.1) is 28.4 Å². The van der Waals surface area contributed by atoms with Crippen LogP contribution in [0.2, 0.25) is 0 Å². The molecule has 0 radical (unpaired) electrons. The highest BCUT2D eigenvalue weighted by molar-refractivity contribution is 5.58. The molecule has 0 bridgehead atoms. The Morgan fingerprint density at radius 1 is 1.72 bits per heavy atom. The maximum atomic E-state index is 11.0. The van der Waals surface area contributed by atoms with Crippen molar-refractivity contribution in [1.29, 1.82) is 5.26 Å². The number of anilines is 1. The Hall–Kier alpha value is -2.20. The Labute approximate surface area is 104 Å². The molecule has 2 heterocycles. The number of aryl methyl sites for hydroxylation is 1. The number of aromatic nitrogens is 1. The van der Waals surface area contributed by atoms with Gasteiger partial charge in [-0.15, -0.1) is 0 Å². The number of ether oxygens (including phenoxy) is 1. The molecule has 1 aromatic heterocycles. The highest BCUT2D eigenvalue weighted by Crippen LogP contribution is 2.27. The van der Waals surface area contributed by atoms with Crippen molar-refractivity contribution in [3.63, 3.8) is 0 Å². The normalized spacial score (nSPS) is 19.3. The molecule has 0 aromatic carbocycles. The van der Waals surface area contributed by atoms with E-state index >= 15 is 0 Å². The average molecular weight is 248 g/mol. The van der Waals surface area contributed by atoms with E-state index in [1.165, 1.54) is 6.07 Å². The molecule has 7 nitrogen and oxygen atoms in total. The van der Waals surface area contributed by atoms with Gasteiger partial charge in [-0.1, -0.05) is 0 Å². The summed E-state index contributed by atoms with van der Waals surface area (Å²) in [5.41, 5.74) is 0.698. The second kappa shape index (κ2) is 4.98. The number of hydrogen-bond acceptors (Lipinski definition) is 6. The molecule has 0 amide bonds. The molecule has 0 spiro atoms. The summed E-state index contributed by atoms with van der Waals surface area (Å²) in [5.74, 6) is 0.300. The zero-order chi connectivity index (χ0) is 13.1. The molecule has 1 fully saturated rings. The number of nitro groups is 1. The first-order chi connectivity index (χ1) is 8.61. The van der Waals surface area contributed by atoms with Gasteiger partial charge >= 0.3 is 5.69 Å². The number of pyridine rings is 1. The minimum Gasteiger partial charge on any atom is -0.360 e. The lowest BCUT2D eigenvalue weighted by atomic mass is 10.2. The Morgan fingerprint density at radius 2 is 2.50 bits per heavy atom. The number of rotatable bonds is 2. The summed E-state index contributed by atoms with van der Waals surface area (Å²) in [4.78, 5) is 16.4. The van der Waals surface area contributed by atoms with Crippen LogP contribution in [0.1, 0.15) is 5.56 Å². The summed E-state index contributed by atoms with van der Waals surface area (Å²) in [5, 5.41) is 19.8. The minimum atomic E-state index is -0.568. The summed E-state index contributed by atoms with van der Waals surface area (Å²) >= 11 is 0. The highest BCUT2D eigenvalue weighted by atomic mass is 16.6. The van der Waals surface area contributed by atoms with E-state index in [-0.39, 0.29) is 5.69 Å². The lowest BCUT2D eigenvalue weighted by Gasteiger charge is -2.30. The Morgan fingerprint density at radius 3 is 3.17 bits per heavy atom. The van der Waals surface area contributed by atoms with Crippen molar-refractivity contribution in [2.24, 2.45) is 0 Å². The van der Waals surface area contributed by atoms with Crippen molar-refractivity contribution >= 4 is 11.5 Å². The highest BCUT2D eigenvalue weighted by Gasteiger charge is 2.27. The predicted molar refractivity (Wildman–Crippen MR) is 63.2 cm³/mol. The van der Waals surface area contributed by atoms with E-state index < -0.39 is 11.0 Å². The topological polar surface area (TPSA) is 92.3 Å². The number of morpholine rings is 1. The van der Waals surface area contributed by atoms with Gasteiger partial charge in [0.25, 0.3) is 0 Å². The van der Waals surface area contributed by atoms with Gasteiger partial charge in [0.2, 0.25) is 5.82 Å². The van der Waals surface area contributed by atoms with Gasteiger partial charge in [-0.2, -0.15) is 5.26 Å². The van der Waals surface area contributed by atoms with Crippen LogP contribution in [0.5, 0.6) is 0 Å². The van der Waals surface area contributed by atoms with Gasteiger partial charge in [0.15, 0.2) is 6.10 Å². The quantitative estimate of drug-likeness (QED) is 0.573. The lowest BCUT2D eigenvalue weighted by Crippen LogP contribution is -2.42. The molecule has 1 aromatic rings. The van der Waals surface area contributed by atoms with Crippen LogP contribution in [0.25, 0.3) is 0 Å². The van der Waals surface area contributed by atoms with Crippen molar-refractivity contribution in [1.82, 2.24) is 4.98 Å². The van der Waals surface area contributed by atoms with Gasteiger partial charge in [-0.25, -0.2) is 4.98 Å². The van der Waals surface area contributed by atoms with Crippen molar-refractivity contribution in [3.8, 4) is 6.07 Å². The molecule has 94 valence electrons. The first-order valence-corrected chi connectivity index (χ1v) is 5.49. The van der Waals surface area contributed by atoms with Crippen LogP contribution in [-0.4, -0.2) is 35.7 Å². The van der Waals surface area contributed by atoms with E-state index in [0.717, 1.165) is 5.56 Å². The van der Waals surface area contributed by atoms with Gasteiger partial charge in [0, 0.05) is 18.8 Å². The van der Waals surface area contributed by atoms with Crippen LogP contribution in [0.3, 0.4) is 0 Å². The molecule has 1 unspecified atom stereocenters. The fourth-order valence-electron chi connectivity index (χ4n) is 1.84. The molecule has 0 aliphatic carbocycles. The van der Waals surface area contributed by atoms with Crippen LogP contribution in [0.4, 0.5) is 11.5 Å². The second-order valence-corrected chi connectivity index (χ2v) is 4.05. The maximum Gasteiger partial charge on any atom is 0.311 e. The summed E-state index contributed by atoms with van der Waals surface area (Å²) in [6.07, 6.45) is 1.01. The van der Waals surface area contributed by atoms with Crippen LogP contribution in [-0.2, 0) is 4.74 Å². The van der Waals surface area contributed by atoms with Gasteiger partial charge in [0.1, 0.15) is 0 Å². The van der Waals surface area contributed by atoms with Crippen molar-refractivity contribution in [2.45, 2.75) is 13.0 Å². The zero-order valence-corrected chi connectivity index (χ0v) is 9.87. The van der Waals surface area contributed by atoms with E-state index in [1.54, 1.807) is 18.0 Å². The Balaban J connectivity index is 2.33. The van der Waals surface area contributed by atoms with Crippen molar-refractivity contribution in [3.05, 3.63) is 27.9 Å². The van der Waals surface area contributed by atoms with Gasteiger partial charge < -0.3 is 9.64 Å². The third-order valence-corrected chi connectivity index (χ3v) is 2.69. The summed E-state index contributed by atoms with van der Waals surface area (Å²) in [6.45, 7) is 2.91. The zero-order valence-electron chi connectivity index (χ0n) is 9.87. The average Bonchev–Trinajstić information content (AvgIpc) is 2.38. The van der Waals surface area contributed by atoms with E-state index in [1.807, 2.05) is 6.07 Å². The molecular weight excluding hydrogens is 236 g/mol. The molecule has 7 heteroatoms. The molecule has 1 aliphatic heterocycles. The number of nitrogens with zero attached hydrogens (tertiary/aromatic N) is 4. The largest absolute Gasteiger partial charge is 0.360 e. The van der Waals surface area contributed by atoms with E-state index in [9.17, 15) is 10.1 Å². The standard InChI is InChI=1S/C11H12N4O3/c1-8-4-10(15(16)17)11(13-6-8)14-2-3-18-9(5-12)7-14/h4,6,9H,2-3,7H2,1H3. The van der Waals surface area contributed by atoms with Gasteiger partial charge in [0.05, 0.1) is 24.1 Å². The Bertz CT molecular complexity index is 512. The minimum absolute atomic E-state index is 0.0337. The fourth-order valence-corrected chi connectivity index (χ4v) is 1.84. The van der Waals surface area contributed by atoms with Gasteiger partial charge in [-0.3, -0.25) is 10.1 Å². The summed E-state index contributed by atoms with van der Waals surface area (Å²) < 4.78 is 5.20. The summed E-state index contributed by atoms with van der Waals surface area (Å²) in [6, 6.07) is 3.49. The number of hydrogen-bond donors (Lipinski definition) is 0. The molecule has 1 aliphatic rings. The first-order valence-electron chi connectivity index (χ1n) is 5.49. The van der Waals surface area contributed by atoms with Crippen LogP contribution in [0.15, 0.2) is 12.3 Å². The third-order valence-electron chi connectivity index (χ3n) is 2.69. The van der Waals surface area contributed by atoms with E-state index in [0.29, 0.717) is 25.5 Å². The SMILES string of the molecule is Cc1cnc(N2CCOC(C#N)C2)c([N+](=O)[O-])c1. The monoisotopic (exact) mass is 248 g/mol. The van der Waals surface area contributed by atoms with Crippen molar-refractivity contribution < 1.29 is 9.66 Å². The van der Waals surface area contributed by atoms with Gasteiger partial charge in [-0.05, 0) is 12.5 Å². The maximum absolute atomic E-state index is 11.0. The molecule has 18 heavy (non-hydrogen) atoms. The first kappa shape index (κ1) is 12.3. The molecule has 1 saturated heterocycles. The fraction of sp³-hybridized carbons (Fsp3) is 0.455. The molecular formula is C11H12N4O3. The lowest BCUT2D eigenvalue weighted by molar-refractivity contribution is -0.384. The molecule has 0 N–H and O–H groups in total. The predicted octanol–water partition coefficient (Wildman–Crippen LogP) is 1.03. The van der Waals surface area contributed by atoms with E-state index in [4.69, 9.17) is 10.00 Å². The molecule has 0 saturated carbocycles. The van der Waals surface area contributed by atoms with E-state index in [2.05, 4.69) is 4.98 Å². The van der Waals surface area contributed by atoms with Crippen LogP contribution < -0.4 is 4.90 Å². The smallest absolute Gasteiger partial charge is 0.311 e. The van der Waals surface area contributed by atoms with Crippen LogP contribution >= 0.6 is 0 Å². The summed E-state index contributed by atoms with van der Waals surface area (Å²) in [7, 11) is 0. The van der Waals surface area contributed by atoms with Crippen molar-refractivity contribution in [2.75, 3.05) is 24.6 Å². The number of nitriles is 1. The Kier molecular flexibility index (Phi) is 3.39.